The monoisotopic (exact) mass is 429 g/mol. The minimum atomic E-state index is -0.0294. The molecule has 9 heteroatoms. The Morgan fingerprint density at radius 1 is 1.12 bits per heavy atom. The molecule has 2 fully saturated rings. The third kappa shape index (κ3) is 3.34. The largest absolute Gasteiger partial charge is 0.489 e. The van der Waals surface area contributed by atoms with E-state index in [0.717, 1.165) is 12.8 Å². The van der Waals surface area contributed by atoms with Gasteiger partial charge in [-0.15, -0.1) is 0 Å². The van der Waals surface area contributed by atoms with Crippen LogP contribution in [0.25, 0.3) is 5.69 Å². The second-order valence-corrected chi connectivity index (χ2v) is 7.89. The molecule has 2 aliphatic heterocycles. The van der Waals surface area contributed by atoms with Gasteiger partial charge in [0.05, 0.1) is 35.8 Å². The number of ether oxygens (including phenoxy) is 1. The van der Waals surface area contributed by atoms with E-state index in [0.29, 0.717) is 48.1 Å². The van der Waals surface area contributed by atoms with Crippen molar-refractivity contribution < 1.29 is 9.53 Å². The first-order valence-electron chi connectivity index (χ1n) is 10.8. The average molecular weight is 429 g/mol. The van der Waals surface area contributed by atoms with Gasteiger partial charge in [-0.3, -0.25) is 4.79 Å². The van der Waals surface area contributed by atoms with Gasteiger partial charge in [-0.1, -0.05) is 12.1 Å². The Balaban J connectivity index is 1.43. The van der Waals surface area contributed by atoms with Crippen molar-refractivity contribution in [3.8, 4) is 17.5 Å². The Hall–Kier alpha value is -3.93. The number of pyridine rings is 1. The molecule has 0 radical (unpaired) electrons. The summed E-state index contributed by atoms with van der Waals surface area (Å²) >= 11 is 0. The maximum Gasteiger partial charge on any atom is 0.256 e. The van der Waals surface area contributed by atoms with E-state index in [-0.39, 0.29) is 18.0 Å². The van der Waals surface area contributed by atoms with Crippen LogP contribution in [0.1, 0.15) is 35.7 Å². The molecule has 162 valence electrons. The number of hydrogen-bond acceptors (Lipinski definition) is 7. The zero-order chi connectivity index (χ0) is 22.1. The molecule has 4 heterocycles. The molecule has 0 saturated carbocycles. The summed E-state index contributed by atoms with van der Waals surface area (Å²) < 4.78 is 5.81. The summed E-state index contributed by atoms with van der Waals surface area (Å²) in [6.45, 7) is 3.52. The van der Waals surface area contributed by atoms with Crippen molar-refractivity contribution in [2.45, 2.75) is 31.8 Å². The average Bonchev–Trinajstić information content (AvgIpc) is 3.45. The molecule has 1 amide bonds. The molecule has 0 spiro atoms. The summed E-state index contributed by atoms with van der Waals surface area (Å²) in [4.78, 5) is 23.7. The smallest absolute Gasteiger partial charge is 0.256 e. The predicted molar refractivity (Wildman–Crippen MR) is 117 cm³/mol. The van der Waals surface area contributed by atoms with E-state index < -0.39 is 0 Å². The van der Waals surface area contributed by atoms with Gasteiger partial charge in [0, 0.05) is 31.4 Å². The number of carbonyl (C=O) groups is 1. The van der Waals surface area contributed by atoms with Crippen LogP contribution in [0.15, 0.2) is 48.9 Å². The van der Waals surface area contributed by atoms with Crippen molar-refractivity contribution in [3.05, 3.63) is 60.0 Å². The van der Waals surface area contributed by atoms with Crippen molar-refractivity contribution in [1.82, 2.24) is 24.9 Å². The Morgan fingerprint density at radius 2 is 1.84 bits per heavy atom. The number of rotatable bonds is 5. The Bertz CT molecular complexity index is 1160. The lowest BCUT2D eigenvalue weighted by molar-refractivity contribution is 0.0717. The fraction of sp³-hybridized carbons (Fsp3) is 0.348. The lowest BCUT2D eigenvalue weighted by Crippen LogP contribution is -2.56. The van der Waals surface area contributed by atoms with Crippen molar-refractivity contribution in [2.75, 3.05) is 24.6 Å². The number of para-hydroxylation sites is 1. The number of piperazine rings is 1. The van der Waals surface area contributed by atoms with Crippen molar-refractivity contribution >= 4 is 11.7 Å². The quantitative estimate of drug-likeness (QED) is 0.614. The second-order valence-electron chi connectivity index (χ2n) is 7.89. The molecular weight excluding hydrogens is 406 g/mol. The number of amides is 1. The number of hydrogen-bond donors (Lipinski definition) is 0. The summed E-state index contributed by atoms with van der Waals surface area (Å²) in [5.74, 6) is 1.20. The third-order valence-electron chi connectivity index (χ3n) is 6.08. The Kier molecular flexibility index (Phi) is 5.19. The highest BCUT2D eigenvalue weighted by Gasteiger charge is 2.43. The van der Waals surface area contributed by atoms with E-state index in [1.807, 2.05) is 36.1 Å². The summed E-state index contributed by atoms with van der Waals surface area (Å²) in [5, 5.41) is 17.9. The van der Waals surface area contributed by atoms with Crippen LogP contribution in [-0.2, 0) is 0 Å². The van der Waals surface area contributed by atoms with Gasteiger partial charge >= 0.3 is 0 Å². The molecule has 3 aromatic rings. The number of benzene rings is 1. The maximum atomic E-state index is 13.5. The zero-order valence-corrected chi connectivity index (χ0v) is 17.8. The van der Waals surface area contributed by atoms with Gasteiger partial charge in [0.1, 0.15) is 6.07 Å². The first kappa shape index (κ1) is 20.0. The molecule has 2 aromatic heterocycles. The van der Waals surface area contributed by atoms with Gasteiger partial charge in [0.15, 0.2) is 11.6 Å². The fourth-order valence-electron chi connectivity index (χ4n) is 4.75. The summed E-state index contributed by atoms with van der Waals surface area (Å²) in [6.07, 6.45) is 6.76. The molecule has 0 N–H and O–H groups in total. The lowest BCUT2D eigenvalue weighted by atomic mass is 10.1. The molecule has 2 unspecified atom stereocenters. The van der Waals surface area contributed by atoms with Gasteiger partial charge in [-0.25, -0.2) is 4.98 Å². The minimum absolute atomic E-state index is 0.0294. The van der Waals surface area contributed by atoms with Gasteiger partial charge in [0.25, 0.3) is 5.91 Å². The Morgan fingerprint density at radius 3 is 2.53 bits per heavy atom. The highest BCUT2D eigenvalue weighted by Crippen LogP contribution is 2.40. The van der Waals surface area contributed by atoms with Gasteiger partial charge < -0.3 is 14.5 Å². The van der Waals surface area contributed by atoms with Gasteiger partial charge in [-0.05, 0) is 38.0 Å². The summed E-state index contributed by atoms with van der Waals surface area (Å²) in [6, 6.07) is 11.5. The van der Waals surface area contributed by atoms with Gasteiger partial charge in [-0.2, -0.15) is 20.3 Å². The van der Waals surface area contributed by atoms with Gasteiger partial charge in [0.2, 0.25) is 0 Å². The first-order valence-corrected chi connectivity index (χ1v) is 10.8. The molecule has 32 heavy (non-hydrogen) atoms. The number of nitrogens with zero attached hydrogens (tertiary/aromatic N) is 7. The van der Waals surface area contributed by atoms with Crippen LogP contribution < -0.4 is 9.64 Å². The van der Waals surface area contributed by atoms with Crippen LogP contribution >= 0.6 is 0 Å². The SMILES string of the molecule is CCOc1c(C#N)ccnc1N1C2CCC1CN(C(=O)c1ccccc1-n1nccn1)C2. The van der Waals surface area contributed by atoms with Crippen LogP contribution in [0.5, 0.6) is 5.75 Å². The number of likely N-dealkylation sites (tertiary alicyclic amines) is 1. The molecule has 5 rings (SSSR count). The van der Waals surface area contributed by atoms with Crippen LogP contribution in [0, 0.1) is 11.3 Å². The van der Waals surface area contributed by atoms with Crippen LogP contribution in [0.3, 0.4) is 0 Å². The van der Waals surface area contributed by atoms with Crippen molar-refractivity contribution in [2.24, 2.45) is 0 Å². The molecule has 0 aliphatic carbocycles. The topological polar surface area (TPSA) is 100 Å². The number of fused-ring (bicyclic) bond motifs is 2. The number of nitriles is 1. The molecule has 9 nitrogen and oxygen atoms in total. The normalized spacial score (nSPS) is 19.6. The molecular formula is C23H23N7O2. The van der Waals surface area contributed by atoms with Crippen molar-refractivity contribution in [3.63, 3.8) is 0 Å². The Labute approximate surface area is 185 Å². The number of aromatic nitrogens is 4. The lowest BCUT2D eigenvalue weighted by Gasteiger charge is -2.42. The van der Waals surface area contributed by atoms with Crippen LogP contribution in [0.4, 0.5) is 5.82 Å². The van der Waals surface area contributed by atoms with E-state index >= 15 is 0 Å². The predicted octanol–water partition coefficient (Wildman–Crippen LogP) is 2.43. The van der Waals surface area contributed by atoms with E-state index in [4.69, 9.17) is 4.74 Å². The van der Waals surface area contributed by atoms with Crippen LogP contribution in [0.2, 0.25) is 0 Å². The molecule has 1 aromatic carbocycles. The molecule has 2 saturated heterocycles. The zero-order valence-electron chi connectivity index (χ0n) is 17.8. The van der Waals surface area contributed by atoms with Crippen molar-refractivity contribution in [1.29, 1.82) is 5.26 Å². The third-order valence-corrected chi connectivity index (χ3v) is 6.08. The van der Waals surface area contributed by atoms with Crippen LogP contribution in [-0.4, -0.2) is 62.6 Å². The minimum Gasteiger partial charge on any atom is -0.489 e. The second kappa shape index (κ2) is 8.30. The van der Waals surface area contributed by atoms with E-state index in [2.05, 4.69) is 26.2 Å². The van der Waals surface area contributed by atoms with E-state index in [1.54, 1.807) is 24.7 Å². The molecule has 2 bridgehead atoms. The van der Waals surface area contributed by atoms with E-state index in [1.165, 1.54) is 4.80 Å². The number of carbonyl (C=O) groups excluding carboxylic acids is 1. The van der Waals surface area contributed by atoms with E-state index in [9.17, 15) is 10.1 Å². The highest BCUT2D eigenvalue weighted by atomic mass is 16.5. The maximum absolute atomic E-state index is 13.5. The molecule has 2 aliphatic rings. The fourth-order valence-corrected chi connectivity index (χ4v) is 4.75. The summed E-state index contributed by atoms with van der Waals surface area (Å²) in [5.41, 5.74) is 1.73. The molecule has 2 atom stereocenters. The first-order chi connectivity index (χ1) is 15.7. The number of anilines is 1. The standard InChI is InChI=1S/C23H23N7O2/c1-2-32-21-16(13-24)9-10-25-22(21)29-17-7-8-18(29)15-28(14-17)23(31)19-5-3-4-6-20(19)30-26-11-12-27-30/h3-6,9-12,17-18H,2,7-8,14-15H2,1H3. The summed E-state index contributed by atoms with van der Waals surface area (Å²) in [7, 11) is 0. The highest BCUT2D eigenvalue weighted by molar-refractivity contribution is 5.98.